The number of hydrogen-bond donors (Lipinski definition) is 1. The second-order valence-electron chi connectivity index (χ2n) is 11.0. The van der Waals surface area contributed by atoms with E-state index >= 15 is 0 Å². The van der Waals surface area contributed by atoms with E-state index in [2.05, 4.69) is 60.2 Å². The maximum absolute atomic E-state index is 14.3. The maximum Gasteiger partial charge on any atom is 0.252 e. The largest absolute Gasteiger partial charge is 0.345 e. The van der Waals surface area contributed by atoms with Gasteiger partial charge in [-0.3, -0.25) is 9.69 Å². The molecule has 202 valence electrons. The average Bonchev–Trinajstić information content (AvgIpc) is 2.97. The minimum atomic E-state index is -0.0572. The number of benzene rings is 3. The van der Waals surface area contributed by atoms with Crippen LogP contribution in [-0.4, -0.2) is 53.4 Å². The zero-order valence-corrected chi connectivity index (χ0v) is 23.4. The summed E-state index contributed by atoms with van der Waals surface area (Å²) < 4.78 is 0. The van der Waals surface area contributed by atoms with Crippen LogP contribution in [0.2, 0.25) is 0 Å². The third-order valence-electron chi connectivity index (χ3n) is 7.65. The number of aromatic nitrogens is 1. The predicted molar refractivity (Wildman–Crippen MR) is 161 cm³/mol. The molecule has 0 radical (unpaired) electrons. The van der Waals surface area contributed by atoms with Gasteiger partial charge in [0.15, 0.2) is 0 Å². The number of fused-ring (bicyclic) bond motifs is 1. The maximum atomic E-state index is 14.3. The van der Waals surface area contributed by atoms with Crippen LogP contribution in [0.5, 0.6) is 0 Å². The number of para-hydroxylation sites is 1. The van der Waals surface area contributed by atoms with Crippen LogP contribution in [0.15, 0.2) is 84.9 Å². The Kier molecular flexibility index (Phi) is 8.70. The molecule has 1 aliphatic heterocycles. The van der Waals surface area contributed by atoms with Gasteiger partial charge in [-0.1, -0.05) is 99.6 Å². The first-order valence-corrected chi connectivity index (χ1v) is 14.3. The highest BCUT2D eigenvalue weighted by molar-refractivity contribution is 6.09. The molecule has 4 aromatic rings. The Morgan fingerprint density at radius 3 is 2.13 bits per heavy atom. The van der Waals surface area contributed by atoms with Gasteiger partial charge < -0.3 is 10.2 Å². The van der Waals surface area contributed by atoms with E-state index in [-0.39, 0.29) is 11.9 Å². The van der Waals surface area contributed by atoms with Gasteiger partial charge in [-0.25, -0.2) is 4.98 Å². The van der Waals surface area contributed by atoms with Crippen molar-refractivity contribution in [3.05, 3.63) is 102 Å². The quantitative estimate of drug-likeness (QED) is 0.272. The Morgan fingerprint density at radius 2 is 1.46 bits per heavy atom. The Balaban J connectivity index is 1.56. The molecule has 2 heterocycles. The van der Waals surface area contributed by atoms with E-state index in [1.807, 2.05) is 60.7 Å². The Morgan fingerprint density at radius 1 is 0.846 bits per heavy atom. The highest BCUT2D eigenvalue weighted by Gasteiger charge is 2.26. The number of carbonyl (C=O) groups excluding carboxylic acids is 1. The van der Waals surface area contributed by atoms with Gasteiger partial charge in [-0.15, -0.1) is 0 Å². The first-order valence-electron chi connectivity index (χ1n) is 14.3. The lowest BCUT2D eigenvalue weighted by molar-refractivity contribution is 0.0931. The van der Waals surface area contributed by atoms with Crippen molar-refractivity contribution in [1.29, 1.82) is 0 Å². The van der Waals surface area contributed by atoms with Crippen LogP contribution >= 0.6 is 0 Å². The highest BCUT2D eigenvalue weighted by Crippen LogP contribution is 2.32. The molecule has 3 aromatic carbocycles. The van der Waals surface area contributed by atoms with E-state index in [9.17, 15) is 4.79 Å². The highest BCUT2D eigenvalue weighted by atomic mass is 16.1. The van der Waals surface area contributed by atoms with E-state index in [1.54, 1.807) is 0 Å². The van der Waals surface area contributed by atoms with Crippen LogP contribution in [0.1, 0.15) is 54.7 Å². The van der Waals surface area contributed by atoms with E-state index in [4.69, 9.17) is 4.98 Å². The monoisotopic (exact) mass is 520 g/mol. The number of amides is 1. The van der Waals surface area contributed by atoms with Gasteiger partial charge in [0.05, 0.1) is 22.8 Å². The lowest BCUT2D eigenvalue weighted by Crippen LogP contribution is -2.47. The van der Waals surface area contributed by atoms with Crippen LogP contribution in [-0.2, 0) is 6.54 Å². The van der Waals surface area contributed by atoms with Gasteiger partial charge in [-0.05, 0) is 24.0 Å². The molecule has 1 aromatic heterocycles. The lowest BCUT2D eigenvalue weighted by Gasteiger charge is -2.36. The summed E-state index contributed by atoms with van der Waals surface area (Å²) >= 11 is 0. The third kappa shape index (κ3) is 6.38. The van der Waals surface area contributed by atoms with Crippen LogP contribution in [0, 0.1) is 5.92 Å². The van der Waals surface area contributed by atoms with Crippen LogP contribution in [0.3, 0.4) is 0 Å². The number of nitrogens with zero attached hydrogens (tertiary/aromatic N) is 3. The van der Waals surface area contributed by atoms with E-state index in [0.29, 0.717) is 12.5 Å². The topological polar surface area (TPSA) is 48.5 Å². The second-order valence-corrected chi connectivity index (χ2v) is 11.0. The summed E-state index contributed by atoms with van der Waals surface area (Å²) in [6, 6.07) is 28.6. The molecular formula is C34H40N4O. The van der Waals surface area contributed by atoms with Crippen LogP contribution < -0.4 is 5.32 Å². The third-order valence-corrected chi connectivity index (χ3v) is 7.65. The Hall–Kier alpha value is -3.54. The lowest BCUT2D eigenvalue weighted by atomic mass is 9.94. The minimum absolute atomic E-state index is 0.0325. The molecule has 0 spiro atoms. The summed E-state index contributed by atoms with van der Waals surface area (Å²) in [7, 11) is 0. The van der Waals surface area contributed by atoms with Gasteiger partial charge in [0.25, 0.3) is 5.91 Å². The number of rotatable bonds is 9. The minimum Gasteiger partial charge on any atom is -0.345 e. The number of piperazine rings is 1. The van der Waals surface area contributed by atoms with Gasteiger partial charge in [0, 0.05) is 55.8 Å². The molecule has 0 bridgehead atoms. The zero-order chi connectivity index (χ0) is 27.2. The molecule has 1 amide bonds. The van der Waals surface area contributed by atoms with Crippen molar-refractivity contribution in [2.24, 2.45) is 5.92 Å². The molecule has 5 nitrogen and oxygen atoms in total. The number of carbonyl (C=O) groups is 1. The first kappa shape index (κ1) is 27.0. The zero-order valence-electron chi connectivity index (χ0n) is 23.4. The SMILES string of the molecule is CC[C@H](NC(=O)c1c(CN2CCN(CC(C)C)CC2)c(-c2ccccc2)nc2ccccc12)c1ccccc1. The first-order chi connectivity index (χ1) is 19.0. The number of pyridine rings is 1. The molecule has 0 saturated carbocycles. The van der Waals surface area contributed by atoms with Gasteiger partial charge >= 0.3 is 0 Å². The fourth-order valence-corrected chi connectivity index (χ4v) is 5.71. The summed E-state index contributed by atoms with van der Waals surface area (Å²) in [5.74, 6) is 0.632. The second kappa shape index (κ2) is 12.5. The molecule has 0 unspecified atom stereocenters. The average molecular weight is 521 g/mol. The van der Waals surface area contributed by atoms with Crippen molar-refractivity contribution in [3.8, 4) is 11.3 Å². The number of hydrogen-bond acceptors (Lipinski definition) is 4. The fourth-order valence-electron chi connectivity index (χ4n) is 5.71. The molecule has 1 aliphatic rings. The van der Waals surface area contributed by atoms with E-state index in [1.165, 1.54) is 0 Å². The smallest absolute Gasteiger partial charge is 0.252 e. The van der Waals surface area contributed by atoms with Crippen LogP contribution in [0.4, 0.5) is 0 Å². The number of nitrogens with one attached hydrogen (secondary N) is 1. The van der Waals surface area contributed by atoms with E-state index in [0.717, 1.165) is 78.0 Å². The normalized spacial score (nSPS) is 15.5. The summed E-state index contributed by atoms with van der Waals surface area (Å²) in [5.41, 5.74) is 5.67. The van der Waals surface area contributed by atoms with Crippen molar-refractivity contribution in [1.82, 2.24) is 20.1 Å². The predicted octanol–water partition coefficient (Wildman–Crippen LogP) is 6.56. The molecule has 0 aliphatic carbocycles. The van der Waals surface area contributed by atoms with Gasteiger partial charge in [-0.2, -0.15) is 0 Å². The molecule has 5 heteroatoms. The molecule has 1 saturated heterocycles. The van der Waals surface area contributed by atoms with E-state index < -0.39 is 0 Å². The molecule has 1 fully saturated rings. The molecular weight excluding hydrogens is 480 g/mol. The molecule has 5 rings (SSSR count). The summed E-state index contributed by atoms with van der Waals surface area (Å²) in [4.78, 5) is 24.4. The van der Waals surface area contributed by atoms with Crippen molar-refractivity contribution in [2.75, 3.05) is 32.7 Å². The van der Waals surface area contributed by atoms with Gasteiger partial charge in [0.2, 0.25) is 0 Å². The van der Waals surface area contributed by atoms with Crippen molar-refractivity contribution in [3.63, 3.8) is 0 Å². The Labute approximate surface area is 232 Å². The van der Waals surface area contributed by atoms with Gasteiger partial charge in [0.1, 0.15) is 0 Å². The molecule has 1 N–H and O–H groups in total. The van der Waals surface area contributed by atoms with Crippen molar-refractivity contribution in [2.45, 2.75) is 39.8 Å². The molecule has 1 atom stereocenters. The van der Waals surface area contributed by atoms with Crippen molar-refractivity contribution < 1.29 is 4.79 Å². The standard InChI is InChI=1S/C34H40N4O/c1-4-30(26-13-7-5-8-14-26)36-34(39)32-28-17-11-12-18-31(28)35-33(27-15-9-6-10-16-27)29(32)24-38-21-19-37(20-22-38)23-25(2)3/h5-18,25,30H,4,19-24H2,1-3H3,(H,36,39)/t30-/m0/s1. The summed E-state index contributed by atoms with van der Waals surface area (Å²) in [5, 5.41) is 4.29. The van der Waals surface area contributed by atoms with Crippen LogP contribution in [0.25, 0.3) is 22.2 Å². The summed E-state index contributed by atoms with van der Waals surface area (Å²) in [6.45, 7) is 12.6. The van der Waals surface area contributed by atoms with Crippen molar-refractivity contribution >= 4 is 16.8 Å². The Bertz CT molecular complexity index is 1380. The fraction of sp³-hybridized carbons (Fsp3) is 0.353. The summed E-state index contributed by atoms with van der Waals surface area (Å²) in [6.07, 6.45) is 0.817. The molecule has 39 heavy (non-hydrogen) atoms.